The van der Waals surface area contributed by atoms with Gasteiger partial charge in [-0.25, -0.2) is 4.79 Å². The minimum Gasteiger partial charge on any atom is -0.444 e. The molecule has 1 heterocycles. The second-order valence-corrected chi connectivity index (χ2v) is 13.8. The first kappa shape index (κ1) is 34.6. The fourth-order valence-electron chi connectivity index (χ4n) is 6.17. The number of ether oxygens (including phenoxy) is 1. The molecule has 0 atom stereocenters. The summed E-state index contributed by atoms with van der Waals surface area (Å²) in [5.41, 5.74) is 3.54. The van der Waals surface area contributed by atoms with Gasteiger partial charge in [0.05, 0.1) is 11.4 Å². The van der Waals surface area contributed by atoms with Crippen LogP contribution in [-0.2, 0) is 11.3 Å². The molecule has 2 aromatic rings. The highest BCUT2D eigenvalue weighted by atomic mass is 16.6. The molecule has 0 unspecified atom stereocenters. The summed E-state index contributed by atoms with van der Waals surface area (Å²) in [4.78, 5) is 29.6. The molecule has 1 saturated carbocycles. The lowest BCUT2D eigenvalue weighted by Crippen LogP contribution is -2.50. The number of rotatable bonds is 15. The van der Waals surface area contributed by atoms with E-state index in [1.54, 1.807) is 0 Å². The Bertz CT molecular complexity index is 1170. The van der Waals surface area contributed by atoms with Crippen molar-refractivity contribution in [3.05, 3.63) is 59.7 Å². The lowest BCUT2D eigenvalue weighted by molar-refractivity contribution is 0.0144. The van der Waals surface area contributed by atoms with Gasteiger partial charge < -0.3 is 25.6 Å². The Kier molecular flexibility index (Phi) is 13.9. The van der Waals surface area contributed by atoms with Gasteiger partial charge >= 0.3 is 6.09 Å². The normalized spacial score (nSPS) is 16.3. The Morgan fingerprint density at radius 3 is 2.22 bits per heavy atom. The third kappa shape index (κ3) is 12.6. The van der Waals surface area contributed by atoms with Crippen molar-refractivity contribution in [2.75, 3.05) is 49.9 Å². The average Bonchev–Trinajstić information content (AvgIpc) is 3.04. The van der Waals surface area contributed by atoms with E-state index in [9.17, 15) is 9.59 Å². The van der Waals surface area contributed by atoms with Crippen LogP contribution < -0.4 is 16.0 Å². The summed E-state index contributed by atoms with van der Waals surface area (Å²) in [6.45, 7) is 11.6. The topological polar surface area (TPSA) is 85.9 Å². The maximum Gasteiger partial charge on any atom is 0.410 e. The number of hydrogen-bond acceptors (Lipinski definition) is 6. The highest BCUT2D eigenvalue weighted by molar-refractivity contribution is 5.96. The minimum atomic E-state index is -0.442. The molecular formula is C37H57N5O3. The lowest BCUT2D eigenvalue weighted by atomic mass is 9.95. The van der Waals surface area contributed by atoms with E-state index >= 15 is 0 Å². The van der Waals surface area contributed by atoms with Gasteiger partial charge in [0.2, 0.25) is 0 Å². The lowest BCUT2D eigenvalue weighted by Gasteiger charge is -2.35. The first-order valence-corrected chi connectivity index (χ1v) is 17.4. The number of nitrogens with one attached hydrogen (secondary N) is 3. The van der Waals surface area contributed by atoms with E-state index in [2.05, 4.69) is 51.2 Å². The molecule has 4 rings (SSSR count). The molecule has 1 aliphatic carbocycles. The first-order valence-electron chi connectivity index (χ1n) is 17.4. The summed E-state index contributed by atoms with van der Waals surface area (Å²) in [6.07, 6.45) is 13.0. The number of amides is 2. The predicted octanol–water partition coefficient (Wildman–Crippen LogP) is 7.67. The molecule has 8 nitrogen and oxygen atoms in total. The van der Waals surface area contributed by atoms with Crippen molar-refractivity contribution in [2.45, 2.75) is 110 Å². The van der Waals surface area contributed by atoms with Gasteiger partial charge in [-0.1, -0.05) is 75.3 Å². The number of benzene rings is 2. The number of carbonyl (C=O) groups excluding carboxylic acids is 2. The number of unbranched alkanes of at least 4 members (excludes halogenated alkanes) is 5. The number of anilines is 2. The predicted molar refractivity (Wildman–Crippen MR) is 185 cm³/mol. The Morgan fingerprint density at radius 1 is 0.822 bits per heavy atom. The van der Waals surface area contributed by atoms with Crippen molar-refractivity contribution >= 4 is 23.4 Å². The SMILES string of the molecule is CC(C)(C)OC(=O)N1CCN(CCCCCCCCNC(=O)c2ccc(NC3CCCCC3)c(NCc3ccccc3)c2)CC1. The van der Waals surface area contributed by atoms with Crippen LogP contribution in [0.15, 0.2) is 48.5 Å². The van der Waals surface area contributed by atoms with Crippen LogP contribution in [0, 0.1) is 0 Å². The van der Waals surface area contributed by atoms with Crippen LogP contribution in [0.3, 0.4) is 0 Å². The summed E-state index contributed by atoms with van der Waals surface area (Å²) >= 11 is 0. The van der Waals surface area contributed by atoms with Crippen molar-refractivity contribution in [1.29, 1.82) is 0 Å². The standard InChI is InChI=1S/C37H57N5O3/c1-37(2,3)45-36(44)42-26-24-41(25-27-42)23-15-7-5-4-6-14-22-38-35(43)31-20-21-33(40-32-18-12-9-13-19-32)34(28-31)39-29-30-16-10-8-11-17-30/h8,10-11,16-17,20-21,28,32,39-40H,4-7,9,12-15,18-19,22-27,29H2,1-3H3,(H,38,43). The smallest absolute Gasteiger partial charge is 0.410 e. The van der Waals surface area contributed by atoms with E-state index in [-0.39, 0.29) is 12.0 Å². The fourth-order valence-corrected chi connectivity index (χ4v) is 6.17. The van der Waals surface area contributed by atoms with Crippen molar-refractivity contribution in [2.24, 2.45) is 0 Å². The summed E-state index contributed by atoms with van der Waals surface area (Å²) in [5, 5.41) is 10.5. The van der Waals surface area contributed by atoms with Gasteiger partial charge in [0.25, 0.3) is 5.91 Å². The number of hydrogen-bond donors (Lipinski definition) is 3. The molecular weight excluding hydrogens is 562 g/mol. The first-order chi connectivity index (χ1) is 21.8. The molecule has 1 aliphatic heterocycles. The Balaban J connectivity index is 1.10. The maximum atomic E-state index is 13.0. The minimum absolute atomic E-state index is 0.00579. The van der Waals surface area contributed by atoms with Gasteiger partial charge in [0, 0.05) is 50.9 Å². The highest BCUT2D eigenvalue weighted by Crippen LogP contribution is 2.28. The van der Waals surface area contributed by atoms with Gasteiger partial charge in [-0.2, -0.15) is 0 Å². The quantitative estimate of drug-likeness (QED) is 0.178. The van der Waals surface area contributed by atoms with Crippen LogP contribution in [0.5, 0.6) is 0 Å². The maximum absolute atomic E-state index is 13.0. The van der Waals surface area contributed by atoms with Crippen molar-refractivity contribution in [3.63, 3.8) is 0 Å². The van der Waals surface area contributed by atoms with Gasteiger partial charge in [0.15, 0.2) is 0 Å². The van der Waals surface area contributed by atoms with E-state index < -0.39 is 5.60 Å². The fraction of sp³-hybridized carbons (Fsp3) is 0.622. The molecule has 2 aromatic carbocycles. The average molecular weight is 620 g/mol. The molecule has 248 valence electrons. The molecule has 0 radical (unpaired) electrons. The highest BCUT2D eigenvalue weighted by Gasteiger charge is 2.25. The van der Waals surface area contributed by atoms with E-state index in [0.29, 0.717) is 18.2 Å². The molecule has 0 bridgehead atoms. The van der Waals surface area contributed by atoms with Crippen LogP contribution in [-0.4, -0.2) is 72.7 Å². The van der Waals surface area contributed by atoms with Crippen LogP contribution in [0.25, 0.3) is 0 Å². The molecule has 2 aliphatic rings. The third-order valence-electron chi connectivity index (χ3n) is 8.78. The summed E-state index contributed by atoms with van der Waals surface area (Å²) in [5.74, 6) is -0.00579. The Hall–Kier alpha value is -3.26. The monoisotopic (exact) mass is 619 g/mol. The second-order valence-electron chi connectivity index (χ2n) is 13.8. The summed E-state index contributed by atoms with van der Waals surface area (Å²) < 4.78 is 5.50. The summed E-state index contributed by atoms with van der Waals surface area (Å²) in [6, 6.07) is 16.9. The molecule has 8 heteroatoms. The van der Waals surface area contributed by atoms with Crippen LogP contribution in [0.1, 0.15) is 107 Å². The van der Waals surface area contributed by atoms with Crippen LogP contribution in [0.4, 0.5) is 16.2 Å². The molecule has 1 saturated heterocycles. The Morgan fingerprint density at radius 2 is 1.51 bits per heavy atom. The van der Waals surface area contributed by atoms with Crippen molar-refractivity contribution in [1.82, 2.24) is 15.1 Å². The zero-order valence-electron chi connectivity index (χ0n) is 28.0. The number of piperazine rings is 1. The molecule has 2 fully saturated rings. The van der Waals surface area contributed by atoms with E-state index in [0.717, 1.165) is 63.5 Å². The van der Waals surface area contributed by atoms with E-state index in [1.807, 2.05) is 43.9 Å². The van der Waals surface area contributed by atoms with Gasteiger partial charge in [-0.3, -0.25) is 9.69 Å². The van der Waals surface area contributed by atoms with E-state index in [4.69, 9.17) is 4.74 Å². The second kappa shape index (κ2) is 18.0. The van der Waals surface area contributed by atoms with Gasteiger partial charge in [-0.15, -0.1) is 0 Å². The number of nitrogens with zero attached hydrogens (tertiary/aromatic N) is 2. The molecule has 0 spiro atoms. The van der Waals surface area contributed by atoms with E-state index in [1.165, 1.54) is 63.4 Å². The zero-order valence-corrected chi connectivity index (χ0v) is 28.0. The van der Waals surface area contributed by atoms with Crippen LogP contribution >= 0.6 is 0 Å². The van der Waals surface area contributed by atoms with Crippen LogP contribution in [0.2, 0.25) is 0 Å². The largest absolute Gasteiger partial charge is 0.444 e. The van der Waals surface area contributed by atoms with Gasteiger partial charge in [-0.05, 0) is 76.8 Å². The molecule has 3 N–H and O–H groups in total. The Labute approximate surface area is 271 Å². The summed E-state index contributed by atoms with van der Waals surface area (Å²) in [7, 11) is 0. The van der Waals surface area contributed by atoms with Crippen molar-refractivity contribution < 1.29 is 14.3 Å². The third-order valence-corrected chi connectivity index (χ3v) is 8.78. The van der Waals surface area contributed by atoms with Crippen molar-refractivity contribution in [3.8, 4) is 0 Å². The molecule has 45 heavy (non-hydrogen) atoms. The van der Waals surface area contributed by atoms with Gasteiger partial charge in [0.1, 0.15) is 5.60 Å². The zero-order chi connectivity index (χ0) is 31.9. The number of carbonyl (C=O) groups is 2. The molecule has 0 aromatic heterocycles. The molecule has 2 amide bonds.